The van der Waals surface area contributed by atoms with Gasteiger partial charge in [-0.15, -0.1) is 17.0 Å². The molecular weight excluding hydrogens is 426 g/mol. The van der Waals surface area contributed by atoms with E-state index in [9.17, 15) is 20.0 Å². The Morgan fingerprint density at radius 3 is 2.25 bits per heavy atom. The molecule has 0 bridgehead atoms. The zero-order valence-electron chi connectivity index (χ0n) is 14.6. The first-order valence-electron chi connectivity index (χ1n) is 8.11. The molecule has 0 aliphatic carbocycles. The van der Waals surface area contributed by atoms with Crippen molar-refractivity contribution in [2.45, 2.75) is 6.54 Å². The highest BCUT2D eigenvalue weighted by molar-refractivity contribution is 8.93. The maximum absolute atomic E-state index is 12.4. The number of nitro benzene ring substituents is 1. The number of hydrogen-bond acceptors (Lipinski definition) is 5. The molecule has 1 heterocycles. The number of rotatable bonds is 6. The number of halogens is 1. The number of pyridine rings is 1. The number of aliphatic imine (C=N–C) groups is 1. The lowest BCUT2D eigenvalue weighted by atomic mass is 10.0. The third kappa shape index (κ3) is 5.31. The van der Waals surface area contributed by atoms with Crippen LogP contribution >= 0.6 is 17.0 Å². The molecule has 0 unspecified atom stereocenters. The van der Waals surface area contributed by atoms with E-state index < -0.39 is 10.8 Å². The minimum atomic E-state index is -0.541. The first-order chi connectivity index (χ1) is 13.0. The van der Waals surface area contributed by atoms with Gasteiger partial charge >= 0.3 is 0 Å². The lowest BCUT2D eigenvalue weighted by molar-refractivity contribution is -0.687. The molecule has 0 spiro atoms. The highest BCUT2D eigenvalue weighted by atomic mass is 79.9. The number of non-ortho nitro benzene ring substituents is 1. The first kappa shape index (κ1) is 20.9. The van der Waals surface area contributed by atoms with Crippen molar-refractivity contribution in [1.82, 2.24) is 0 Å². The fourth-order valence-electron chi connectivity index (χ4n) is 2.48. The molecule has 142 valence electrons. The lowest BCUT2D eigenvalue weighted by Gasteiger charge is -2.07. The van der Waals surface area contributed by atoms with Crippen LogP contribution in [0.2, 0.25) is 0 Å². The Kier molecular flexibility index (Phi) is 7.11. The van der Waals surface area contributed by atoms with Crippen LogP contribution in [0.5, 0.6) is 0 Å². The SMILES string of the molecule is Br.O=C(c1ccccc1)c1cc[n+](CC([O-])=Nc2cccc([N+](=O)[O-])c2)cc1. The summed E-state index contributed by atoms with van der Waals surface area (Å²) in [6, 6.07) is 17.8. The van der Waals surface area contributed by atoms with Crippen molar-refractivity contribution in [3.63, 3.8) is 0 Å². The van der Waals surface area contributed by atoms with Gasteiger partial charge in [-0.25, -0.2) is 4.57 Å². The van der Waals surface area contributed by atoms with Crippen molar-refractivity contribution in [1.29, 1.82) is 0 Å². The van der Waals surface area contributed by atoms with Gasteiger partial charge in [-0.05, 0) is 6.07 Å². The topological polar surface area (TPSA) is 99.5 Å². The van der Waals surface area contributed by atoms with Gasteiger partial charge in [-0.2, -0.15) is 0 Å². The normalized spacial score (nSPS) is 10.8. The smallest absolute Gasteiger partial charge is 0.271 e. The molecule has 8 heteroatoms. The molecular formula is C20H16BrN3O4. The Bertz CT molecular complexity index is 1010. The molecule has 2 aromatic carbocycles. The van der Waals surface area contributed by atoms with Gasteiger partial charge in [-0.3, -0.25) is 19.9 Å². The second kappa shape index (κ2) is 9.52. The molecule has 3 rings (SSSR count). The van der Waals surface area contributed by atoms with Crippen molar-refractivity contribution in [2.24, 2.45) is 4.99 Å². The van der Waals surface area contributed by atoms with Crippen LogP contribution in [0.15, 0.2) is 84.1 Å². The fraction of sp³-hybridized carbons (Fsp3) is 0.0500. The molecule has 28 heavy (non-hydrogen) atoms. The van der Waals surface area contributed by atoms with Gasteiger partial charge in [0.2, 0.25) is 0 Å². The van der Waals surface area contributed by atoms with Crippen LogP contribution < -0.4 is 9.67 Å². The average molecular weight is 442 g/mol. The summed E-state index contributed by atoms with van der Waals surface area (Å²) in [7, 11) is 0. The number of carbonyl (C=O) groups excluding carboxylic acids is 1. The van der Waals surface area contributed by atoms with Gasteiger partial charge in [0.25, 0.3) is 5.69 Å². The van der Waals surface area contributed by atoms with E-state index in [-0.39, 0.29) is 40.7 Å². The summed E-state index contributed by atoms with van der Waals surface area (Å²) in [5.74, 6) is -0.557. The Balaban J connectivity index is 0.00000280. The van der Waals surface area contributed by atoms with Crippen LogP contribution in [0.1, 0.15) is 15.9 Å². The molecule has 0 saturated heterocycles. The highest BCUT2D eigenvalue weighted by Gasteiger charge is 2.10. The van der Waals surface area contributed by atoms with Gasteiger partial charge < -0.3 is 5.11 Å². The van der Waals surface area contributed by atoms with Crippen molar-refractivity contribution < 1.29 is 19.4 Å². The Labute approximate surface area is 171 Å². The number of aromatic nitrogens is 1. The van der Waals surface area contributed by atoms with Crippen LogP contribution in [0.3, 0.4) is 0 Å². The largest absolute Gasteiger partial charge is 0.857 e. The minimum absolute atomic E-state index is 0. The van der Waals surface area contributed by atoms with E-state index in [1.807, 2.05) is 6.07 Å². The molecule has 1 aromatic heterocycles. The number of hydrogen-bond donors (Lipinski definition) is 0. The maximum atomic E-state index is 12.4. The molecule has 7 nitrogen and oxygen atoms in total. The van der Waals surface area contributed by atoms with Gasteiger partial charge in [0.15, 0.2) is 24.7 Å². The van der Waals surface area contributed by atoms with Crippen LogP contribution in [-0.4, -0.2) is 16.6 Å². The predicted octanol–water partition coefficient (Wildman–Crippen LogP) is 2.78. The number of ketones is 1. The van der Waals surface area contributed by atoms with Crippen LogP contribution in [0.4, 0.5) is 11.4 Å². The van der Waals surface area contributed by atoms with E-state index in [2.05, 4.69) is 4.99 Å². The van der Waals surface area contributed by atoms with Gasteiger partial charge in [0.1, 0.15) is 0 Å². The van der Waals surface area contributed by atoms with E-state index in [4.69, 9.17) is 0 Å². The van der Waals surface area contributed by atoms with Gasteiger partial charge in [-0.1, -0.05) is 36.4 Å². The number of benzene rings is 2. The van der Waals surface area contributed by atoms with Crippen molar-refractivity contribution in [3.8, 4) is 0 Å². The third-order valence-corrected chi connectivity index (χ3v) is 3.80. The van der Waals surface area contributed by atoms with Crippen LogP contribution in [0, 0.1) is 10.1 Å². The summed E-state index contributed by atoms with van der Waals surface area (Å²) in [6.45, 7) is -0.0392. The fourth-order valence-corrected chi connectivity index (χ4v) is 2.48. The second-order valence-electron chi connectivity index (χ2n) is 5.74. The Morgan fingerprint density at radius 2 is 1.61 bits per heavy atom. The molecule has 0 atom stereocenters. The molecule has 0 aliphatic rings. The minimum Gasteiger partial charge on any atom is -0.857 e. The number of nitrogens with zero attached hydrogens (tertiary/aromatic N) is 3. The van der Waals surface area contributed by atoms with Crippen molar-refractivity contribution >= 4 is 40.0 Å². The maximum Gasteiger partial charge on any atom is 0.271 e. The highest BCUT2D eigenvalue weighted by Crippen LogP contribution is 2.19. The second-order valence-corrected chi connectivity index (χ2v) is 5.74. The first-order valence-corrected chi connectivity index (χ1v) is 8.11. The average Bonchev–Trinajstić information content (AvgIpc) is 2.69. The standard InChI is InChI=1S/C20H15N3O4.BrH/c24-19(21-17-7-4-8-18(13-17)23(26)27)14-22-11-9-16(10-12-22)20(25)15-5-2-1-3-6-15;/h1-13H,14H2;1H. The number of carbonyl (C=O) groups is 1. The van der Waals surface area contributed by atoms with Gasteiger partial charge in [0, 0.05) is 41.3 Å². The van der Waals surface area contributed by atoms with E-state index in [0.717, 1.165) is 0 Å². The molecule has 0 N–H and O–H groups in total. The molecule has 3 aromatic rings. The summed E-state index contributed by atoms with van der Waals surface area (Å²) in [5, 5.41) is 22.8. The molecule has 0 fully saturated rings. The molecule has 0 aliphatic heterocycles. The van der Waals surface area contributed by atoms with E-state index >= 15 is 0 Å². The van der Waals surface area contributed by atoms with Gasteiger partial charge in [0.05, 0.1) is 10.6 Å². The lowest BCUT2D eigenvalue weighted by Crippen LogP contribution is -2.41. The summed E-state index contributed by atoms with van der Waals surface area (Å²) < 4.78 is 1.59. The quantitative estimate of drug-likeness (QED) is 0.146. The molecule has 0 radical (unpaired) electrons. The molecule has 0 amide bonds. The Hall–Kier alpha value is -3.39. The van der Waals surface area contributed by atoms with Crippen LogP contribution in [-0.2, 0) is 6.54 Å². The third-order valence-electron chi connectivity index (χ3n) is 3.80. The summed E-state index contributed by atoms with van der Waals surface area (Å²) >= 11 is 0. The summed E-state index contributed by atoms with van der Waals surface area (Å²) in [5.41, 5.74) is 1.21. The van der Waals surface area contributed by atoms with E-state index in [0.29, 0.717) is 11.1 Å². The molecule has 0 saturated carbocycles. The van der Waals surface area contributed by atoms with E-state index in [1.165, 1.54) is 24.3 Å². The Morgan fingerprint density at radius 1 is 0.964 bits per heavy atom. The predicted molar refractivity (Wildman–Crippen MR) is 107 cm³/mol. The monoisotopic (exact) mass is 441 g/mol. The summed E-state index contributed by atoms with van der Waals surface area (Å²) in [6.07, 6.45) is 3.24. The summed E-state index contributed by atoms with van der Waals surface area (Å²) in [4.78, 5) is 26.5. The van der Waals surface area contributed by atoms with Crippen LogP contribution in [0.25, 0.3) is 0 Å². The van der Waals surface area contributed by atoms with E-state index in [1.54, 1.807) is 53.4 Å². The zero-order valence-corrected chi connectivity index (χ0v) is 16.3. The number of nitro groups is 1. The zero-order chi connectivity index (χ0) is 19.2. The van der Waals surface area contributed by atoms with Crippen molar-refractivity contribution in [2.75, 3.05) is 0 Å². The van der Waals surface area contributed by atoms with Crippen molar-refractivity contribution in [3.05, 3.63) is 100 Å².